The van der Waals surface area contributed by atoms with Gasteiger partial charge >= 0.3 is 0 Å². The fraction of sp³-hybridized carbons (Fsp3) is 0.455. The van der Waals surface area contributed by atoms with Gasteiger partial charge in [-0.15, -0.1) is 6.58 Å². The second-order valence-electron chi connectivity index (χ2n) is 2.94. The fourth-order valence-electron chi connectivity index (χ4n) is 1.06. The quantitative estimate of drug-likeness (QED) is 0.272. The lowest BCUT2D eigenvalue weighted by Crippen LogP contribution is -2.21. The molecule has 2 atom stereocenters. The molecule has 0 bridgehead atoms. The van der Waals surface area contributed by atoms with E-state index in [0.29, 0.717) is 0 Å². The highest BCUT2D eigenvalue weighted by atomic mass is 16.5. The number of hydrogen-bond acceptors (Lipinski definition) is 4. The van der Waals surface area contributed by atoms with Crippen LogP contribution >= 0.6 is 0 Å². The van der Waals surface area contributed by atoms with Crippen LogP contribution in [0.5, 0.6) is 0 Å². The summed E-state index contributed by atoms with van der Waals surface area (Å²) in [5, 5.41) is 0. The first-order chi connectivity index (χ1) is 7.10. The second kappa shape index (κ2) is 7.09. The van der Waals surface area contributed by atoms with E-state index in [1.807, 2.05) is 0 Å². The lowest BCUT2D eigenvalue weighted by atomic mass is 10.0. The number of ether oxygens (including phenoxy) is 2. The van der Waals surface area contributed by atoms with Crippen molar-refractivity contribution >= 4 is 12.1 Å². The van der Waals surface area contributed by atoms with Gasteiger partial charge in [-0.05, 0) is 13.0 Å². The van der Waals surface area contributed by atoms with Crippen molar-refractivity contribution < 1.29 is 19.1 Å². The van der Waals surface area contributed by atoms with Crippen LogP contribution in [0.4, 0.5) is 0 Å². The smallest absolute Gasteiger partial charge is 0.224 e. The van der Waals surface area contributed by atoms with Crippen molar-refractivity contribution in [3.63, 3.8) is 0 Å². The number of ketones is 1. The predicted molar refractivity (Wildman–Crippen MR) is 56.6 cm³/mol. The Morgan fingerprint density at radius 3 is 2.27 bits per heavy atom. The molecule has 0 aromatic rings. The number of carbonyl (C=O) groups excluding carboxylic acids is 2. The second-order valence-corrected chi connectivity index (χ2v) is 2.94. The minimum Gasteiger partial charge on any atom is -0.378 e. The zero-order valence-electron chi connectivity index (χ0n) is 9.23. The van der Waals surface area contributed by atoms with Crippen LogP contribution in [-0.4, -0.2) is 38.5 Å². The maximum absolute atomic E-state index is 11.3. The van der Waals surface area contributed by atoms with Gasteiger partial charge in [-0.2, -0.15) is 0 Å². The van der Waals surface area contributed by atoms with Crippen molar-refractivity contribution in [2.24, 2.45) is 0 Å². The first-order valence-corrected chi connectivity index (χ1v) is 4.50. The minimum atomic E-state index is -0.620. The summed E-state index contributed by atoms with van der Waals surface area (Å²) in [7, 11) is 2.95. The lowest BCUT2D eigenvalue weighted by molar-refractivity contribution is -0.128. The Labute approximate surface area is 89.6 Å². The van der Waals surface area contributed by atoms with Crippen molar-refractivity contribution in [2.45, 2.75) is 19.1 Å². The van der Waals surface area contributed by atoms with Gasteiger partial charge in [0.1, 0.15) is 6.10 Å². The molecule has 0 aliphatic carbocycles. The van der Waals surface area contributed by atoms with Crippen LogP contribution in [0.25, 0.3) is 0 Å². The maximum Gasteiger partial charge on any atom is 0.224 e. The molecule has 0 aromatic heterocycles. The molecule has 0 spiro atoms. The Morgan fingerprint density at radius 1 is 1.33 bits per heavy atom. The molecule has 0 saturated carbocycles. The van der Waals surface area contributed by atoms with E-state index in [9.17, 15) is 9.59 Å². The molecule has 0 aromatic carbocycles. The molecular formula is C11H16O4. The predicted octanol–water partition coefficient (Wildman–Crippen LogP) is 0.917. The topological polar surface area (TPSA) is 52.6 Å². The van der Waals surface area contributed by atoms with Crippen LogP contribution in [0.15, 0.2) is 24.3 Å². The number of aldehydes is 1. The van der Waals surface area contributed by atoms with E-state index in [1.54, 1.807) is 13.0 Å². The van der Waals surface area contributed by atoms with E-state index in [-0.39, 0.29) is 18.0 Å². The summed E-state index contributed by atoms with van der Waals surface area (Å²) < 4.78 is 9.99. The van der Waals surface area contributed by atoms with E-state index in [1.165, 1.54) is 20.3 Å². The van der Waals surface area contributed by atoms with Gasteiger partial charge in [0.05, 0.1) is 6.10 Å². The van der Waals surface area contributed by atoms with Gasteiger partial charge < -0.3 is 9.47 Å². The van der Waals surface area contributed by atoms with Crippen LogP contribution in [0.1, 0.15) is 6.92 Å². The lowest BCUT2D eigenvalue weighted by Gasteiger charge is -2.14. The Balaban J connectivity index is 5.02. The summed E-state index contributed by atoms with van der Waals surface area (Å²) in [5.41, 5.74) is 0.247. The summed E-state index contributed by atoms with van der Waals surface area (Å²) in [4.78, 5) is 21.7. The molecule has 0 fully saturated rings. The van der Waals surface area contributed by atoms with Crippen molar-refractivity contribution in [3.05, 3.63) is 24.3 Å². The first-order valence-electron chi connectivity index (χ1n) is 4.50. The maximum atomic E-state index is 11.3. The monoisotopic (exact) mass is 212 g/mol. The van der Waals surface area contributed by atoms with E-state index < -0.39 is 11.9 Å². The summed E-state index contributed by atoms with van der Waals surface area (Å²) in [6, 6.07) is 0. The third kappa shape index (κ3) is 4.18. The molecular weight excluding hydrogens is 196 g/mol. The average molecular weight is 212 g/mol. The standard InChI is InChI=1S/C11H16O4/c1-5-11(15-4)9(10(13)7-12)6-8(2)14-3/h5-8,11H,1H2,2-4H3/b9-6-. The SMILES string of the molecule is C=CC(OC)/C(=C\C(C)OC)C(=O)C=O. The zero-order chi connectivity index (χ0) is 11.8. The van der Waals surface area contributed by atoms with Gasteiger partial charge in [0.15, 0.2) is 6.29 Å². The highest BCUT2D eigenvalue weighted by molar-refractivity contribution is 6.33. The molecule has 0 amide bonds. The largest absolute Gasteiger partial charge is 0.378 e. The molecule has 0 aliphatic heterocycles. The van der Waals surface area contributed by atoms with Gasteiger partial charge in [-0.3, -0.25) is 9.59 Å². The van der Waals surface area contributed by atoms with Crippen LogP contribution < -0.4 is 0 Å². The number of carbonyl (C=O) groups is 2. The molecule has 0 aliphatic rings. The van der Waals surface area contributed by atoms with Crippen molar-refractivity contribution in [2.75, 3.05) is 14.2 Å². The molecule has 0 radical (unpaired) electrons. The van der Waals surface area contributed by atoms with Crippen LogP contribution in [0, 0.1) is 0 Å². The van der Waals surface area contributed by atoms with Gasteiger partial charge in [-0.1, -0.05) is 6.08 Å². The Bertz CT molecular complexity index is 268. The molecule has 15 heavy (non-hydrogen) atoms. The average Bonchev–Trinajstić information content (AvgIpc) is 2.27. The molecule has 0 heterocycles. The third-order valence-corrected chi connectivity index (χ3v) is 1.95. The van der Waals surface area contributed by atoms with E-state index >= 15 is 0 Å². The Kier molecular flexibility index (Phi) is 6.49. The number of Topliss-reactive ketones (excluding diaryl/α,β-unsaturated/α-hetero) is 1. The van der Waals surface area contributed by atoms with Crippen LogP contribution in [0.3, 0.4) is 0 Å². The van der Waals surface area contributed by atoms with Crippen molar-refractivity contribution in [1.82, 2.24) is 0 Å². The summed E-state index contributed by atoms with van der Waals surface area (Å²) in [5.74, 6) is -0.620. The highest BCUT2D eigenvalue weighted by Gasteiger charge is 2.18. The Morgan fingerprint density at radius 2 is 1.93 bits per heavy atom. The number of methoxy groups -OCH3 is 2. The van der Waals surface area contributed by atoms with E-state index in [2.05, 4.69) is 6.58 Å². The Hall–Kier alpha value is -1.26. The molecule has 0 rings (SSSR count). The van der Waals surface area contributed by atoms with E-state index in [4.69, 9.17) is 9.47 Å². The molecule has 0 N–H and O–H groups in total. The highest BCUT2D eigenvalue weighted by Crippen LogP contribution is 2.10. The van der Waals surface area contributed by atoms with Gasteiger partial charge in [-0.25, -0.2) is 0 Å². The number of hydrogen-bond donors (Lipinski definition) is 0. The van der Waals surface area contributed by atoms with Crippen molar-refractivity contribution in [1.29, 1.82) is 0 Å². The normalized spacial score (nSPS) is 15.5. The molecule has 2 unspecified atom stereocenters. The fourth-order valence-corrected chi connectivity index (χ4v) is 1.06. The molecule has 4 heteroatoms. The molecule has 84 valence electrons. The molecule has 0 saturated heterocycles. The molecule has 4 nitrogen and oxygen atoms in total. The third-order valence-electron chi connectivity index (χ3n) is 1.95. The first kappa shape index (κ1) is 13.7. The van der Waals surface area contributed by atoms with E-state index in [0.717, 1.165) is 0 Å². The summed E-state index contributed by atoms with van der Waals surface area (Å²) in [6.45, 7) is 5.29. The summed E-state index contributed by atoms with van der Waals surface area (Å²) >= 11 is 0. The zero-order valence-corrected chi connectivity index (χ0v) is 9.23. The van der Waals surface area contributed by atoms with Gasteiger partial charge in [0.2, 0.25) is 5.78 Å². The van der Waals surface area contributed by atoms with Crippen molar-refractivity contribution in [3.8, 4) is 0 Å². The van der Waals surface area contributed by atoms with Crippen LogP contribution in [0.2, 0.25) is 0 Å². The van der Waals surface area contributed by atoms with Crippen LogP contribution in [-0.2, 0) is 19.1 Å². The number of rotatable bonds is 7. The van der Waals surface area contributed by atoms with Gasteiger partial charge in [0, 0.05) is 19.8 Å². The van der Waals surface area contributed by atoms with Gasteiger partial charge in [0.25, 0.3) is 0 Å². The minimum absolute atomic E-state index is 0.247. The summed E-state index contributed by atoms with van der Waals surface area (Å²) in [6.07, 6.45) is 2.41.